The van der Waals surface area contributed by atoms with E-state index in [1.54, 1.807) is 0 Å². The molecule has 0 radical (unpaired) electrons. The number of nitrogens with zero attached hydrogens (tertiary/aromatic N) is 1. The number of aliphatic carboxylic acids is 1. The molecule has 17 heavy (non-hydrogen) atoms. The van der Waals surface area contributed by atoms with Crippen LogP contribution in [0.25, 0.3) is 0 Å². The Bertz CT molecular complexity index is 473. The number of anilines is 1. The highest BCUT2D eigenvalue weighted by atomic mass is 19.1. The van der Waals surface area contributed by atoms with Crippen molar-refractivity contribution in [2.75, 3.05) is 11.4 Å². The summed E-state index contributed by atoms with van der Waals surface area (Å²) in [6, 6.07) is 5.06. The number of benzene rings is 1. The normalized spacial score (nSPS) is 24.1. The lowest BCUT2D eigenvalue weighted by Crippen LogP contribution is -2.46. The van der Waals surface area contributed by atoms with Gasteiger partial charge in [-0.3, -0.25) is 4.79 Å². The van der Waals surface area contributed by atoms with Crippen molar-refractivity contribution in [2.45, 2.75) is 12.0 Å². The molecule has 1 aromatic rings. The molecular weight excluding hydrogens is 229 g/mol. The predicted molar refractivity (Wildman–Crippen MR) is 56.0 cm³/mol. The van der Waals surface area contributed by atoms with Gasteiger partial charge in [0.15, 0.2) is 0 Å². The molecule has 1 saturated heterocycles. The van der Waals surface area contributed by atoms with E-state index in [-0.39, 0.29) is 13.0 Å². The number of carbonyl (C=O) groups is 2. The third-order valence-electron chi connectivity index (χ3n) is 2.79. The van der Waals surface area contributed by atoms with Gasteiger partial charge in [0.05, 0.1) is 0 Å². The molecule has 2 rings (SSSR count). The second-order valence-electron chi connectivity index (χ2n) is 3.85. The van der Waals surface area contributed by atoms with Crippen LogP contribution in [0.4, 0.5) is 10.1 Å². The van der Waals surface area contributed by atoms with E-state index in [2.05, 4.69) is 0 Å². The van der Waals surface area contributed by atoms with Crippen LogP contribution in [0.5, 0.6) is 0 Å². The fourth-order valence-electron chi connectivity index (χ4n) is 1.77. The van der Waals surface area contributed by atoms with E-state index < -0.39 is 23.3 Å². The summed E-state index contributed by atoms with van der Waals surface area (Å²) in [7, 11) is 0. The van der Waals surface area contributed by atoms with E-state index >= 15 is 0 Å². The van der Waals surface area contributed by atoms with Crippen LogP contribution in [0.2, 0.25) is 0 Å². The lowest BCUT2D eigenvalue weighted by Gasteiger charge is -2.18. The summed E-state index contributed by atoms with van der Waals surface area (Å²) in [6.07, 6.45) is -0.182. The van der Waals surface area contributed by atoms with Crippen molar-refractivity contribution < 1.29 is 24.2 Å². The maximum atomic E-state index is 12.7. The number of rotatable bonds is 2. The molecule has 1 aromatic carbocycles. The van der Waals surface area contributed by atoms with Crippen molar-refractivity contribution in [1.29, 1.82) is 0 Å². The largest absolute Gasteiger partial charge is 0.479 e. The van der Waals surface area contributed by atoms with Gasteiger partial charge in [-0.1, -0.05) is 0 Å². The molecule has 0 saturated carbocycles. The van der Waals surface area contributed by atoms with E-state index in [4.69, 9.17) is 5.11 Å². The van der Waals surface area contributed by atoms with Crippen molar-refractivity contribution in [3.63, 3.8) is 0 Å². The van der Waals surface area contributed by atoms with Crippen molar-refractivity contribution in [3.05, 3.63) is 30.1 Å². The Morgan fingerprint density at radius 1 is 1.35 bits per heavy atom. The lowest BCUT2D eigenvalue weighted by molar-refractivity contribution is -0.162. The maximum Gasteiger partial charge on any atom is 0.345 e. The summed E-state index contributed by atoms with van der Waals surface area (Å²) >= 11 is 0. The van der Waals surface area contributed by atoms with Gasteiger partial charge in [0.2, 0.25) is 5.60 Å². The third kappa shape index (κ3) is 1.76. The van der Waals surface area contributed by atoms with Crippen LogP contribution in [0.1, 0.15) is 6.42 Å². The van der Waals surface area contributed by atoms with Gasteiger partial charge in [-0.05, 0) is 24.3 Å². The third-order valence-corrected chi connectivity index (χ3v) is 2.79. The smallest absolute Gasteiger partial charge is 0.345 e. The molecule has 6 heteroatoms. The lowest BCUT2D eigenvalue weighted by atomic mass is 10.0. The molecule has 1 aliphatic rings. The standard InChI is InChI=1S/C11H10FNO4/c12-7-1-3-8(4-2-7)13-6-5-11(17,9(13)14)10(15)16/h1-4,17H,5-6H2,(H,15,16)/t11-/m0/s1. The summed E-state index contributed by atoms with van der Waals surface area (Å²) in [4.78, 5) is 23.7. The quantitative estimate of drug-likeness (QED) is 0.731. The van der Waals surface area contributed by atoms with Crippen LogP contribution >= 0.6 is 0 Å². The van der Waals surface area contributed by atoms with Crippen LogP contribution in [-0.4, -0.2) is 34.2 Å². The molecular formula is C11H10FNO4. The number of carbonyl (C=O) groups excluding carboxylic acids is 1. The fourth-order valence-corrected chi connectivity index (χ4v) is 1.77. The summed E-state index contributed by atoms with van der Waals surface area (Å²) in [5.74, 6) is -2.90. The Morgan fingerprint density at radius 3 is 2.41 bits per heavy atom. The van der Waals surface area contributed by atoms with E-state index in [9.17, 15) is 19.1 Å². The average molecular weight is 239 g/mol. The Morgan fingerprint density at radius 2 is 1.94 bits per heavy atom. The molecule has 90 valence electrons. The highest BCUT2D eigenvalue weighted by Crippen LogP contribution is 2.28. The summed E-state index contributed by atoms with van der Waals surface area (Å²) < 4.78 is 12.7. The second kappa shape index (κ2) is 3.81. The first-order valence-electron chi connectivity index (χ1n) is 4.98. The molecule has 1 aliphatic heterocycles. The van der Waals surface area contributed by atoms with Crippen LogP contribution in [0.3, 0.4) is 0 Å². The zero-order valence-corrected chi connectivity index (χ0v) is 8.76. The number of aliphatic hydroxyl groups is 1. The van der Waals surface area contributed by atoms with Gasteiger partial charge in [0.1, 0.15) is 5.82 Å². The van der Waals surface area contributed by atoms with Crippen LogP contribution in [0, 0.1) is 5.82 Å². The Hall–Kier alpha value is -1.95. The van der Waals surface area contributed by atoms with Crippen LogP contribution < -0.4 is 4.90 Å². The maximum absolute atomic E-state index is 12.7. The molecule has 0 unspecified atom stereocenters. The summed E-state index contributed by atoms with van der Waals surface area (Å²) in [6.45, 7) is 0.0905. The Labute approximate surface area is 96.1 Å². The molecule has 1 atom stereocenters. The number of hydrogen-bond donors (Lipinski definition) is 2. The molecule has 1 fully saturated rings. The summed E-state index contributed by atoms with van der Waals surface area (Å²) in [5.41, 5.74) is -2.00. The number of carboxylic acid groups (broad SMARTS) is 1. The van der Waals surface area contributed by atoms with Gasteiger partial charge < -0.3 is 15.1 Å². The minimum atomic E-state index is -2.37. The molecule has 5 nitrogen and oxygen atoms in total. The zero-order chi connectivity index (χ0) is 12.6. The zero-order valence-electron chi connectivity index (χ0n) is 8.76. The minimum Gasteiger partial charge on any atom is -0.479 e. The monoisotopic (exact) mass is 239 g/mol. The van der Waals surface area contributed by atoms with Crippen molar-refractivity contribution in [3.8, 4) is 0 Å². The molecule has 0 aromatic heterocycles. The average Bonchev–Trinajstić information content (AvgIpc) is 2.59. The highest BCUT2D eigenvalue weighted by molar-refractivity contribution is 6.14. The number of carboxylic acids is 1. The summed E-state index contributed by atoms with van der Waals surface area (Å²) in [5, 5.41) is 18.5. The highest BCUT2D eigenvalue weighted by Gasteiger charge is 2.52. The fraction of sp³-hybridized carbons (Fsp3) is 0.273. The second-order valence-corrected chi connectivity index (χ2v) is 3.85. The van der Waals surface area contributed by atoms with Crippen LogP contribution in [0.15, 0.2) is 24.3 Å². The number of amides is 1. The predicted octanol–water partition coefficient (Wildman–Crippen LogP) is 0.378. The van der Waals surface area contributed by atoms with Gasteiger partial charge in [0, 0.05) is 18.7 Å². The first-order valence-corrected chi connectivity index (χ1v) is 4.98. The SMILES string of the molecule is O=C(O)[C@]1(O)CCN(c2ccc(F)cc2)C1=O. The topological polar surface area (TPSA) is 77.8 Å². The van der Waals surface area contributed by atoms with Crippen molar-refractivity contribution >= 4 is 17.6 Å². The molecule has 0 spiro atoms. The van der Waals surface area contributed by atoms with Gasteiger partial charge in [0.25, 0.3) is 5.91 Å². The van der Waals surface area contributed by atoms with Crippen LogP contribution in [-0.2, 0) is 9.59 Å². The van der Waals surface area contributed by atoms with Crippen molar-refractivity contribution in [1.82, 2.24) is 0 Å². The van der Waals surface area contributed by atoms with Gasteiger partial charge in [-0.25, -0.2) is 9.18 Å². The molecule has 1 heterocycles. The van der Waals surface area contributed by atoms with Crippen molar-refractivity contribution in [2.24, 2.45) is 0 Å². The number of hydrogen-bond acceptors (Lipinski definition) is 3. The molecule has 0 aliphatic carbocycles. The number of halogens is 1. The van der Waals surface area contributed by atoms with Gasteiger partial charge >= 0.3 is 5.97 Å². The van der Waals surface area contributed by atoms with E-state index in [1.165, 1.54) is 24.3 Å². The molecule has 2 N–H and O–H groups in total. The van der Waals surface area contributed by atoms with E-state index in [0.717, 1.165) is 4.90 Å². The van der Waals surface area contributed by atoms with E-state index in [1.807, 2.05) is 0 Å². The molecule has 0 bridgehead atoms. The van der Waals surface area contributed by atoms with E-state index in [0.29, 0.717) is 5.69 Å². The Balaban J connectivity index is 2.29. The first-order chi connectivity index (χ1) is 7.95. The van der Waals surface area contributed by atoms with Gasteiger partial charge in [-0.15, -0.1) is 0 Å². The molecule has 1 amide bonds. The minimum absolute atomic E-state index is 0.0905. The Kier molecular flexibility index (Phi) is 2.59. The van der Waals surface area contributed by atoms with Gasteiger partial charge in [-0.2, -0.15) is 0 Å². The first kappa shape index (κ1) is 11.5.